The molecule has 5 aromatic rings. The zero-order valence-corrected chi connectivity index (χ0v) is 17.9. The number of benzene rings is 2. The number of rotatable bonds is 4. The quantitative estimate of drug-likeness (QED) is 0.368. The monoisotopic (exact) mass is 403 g/mol. The number of aryl methyl sites for hydroxylation is 2. The molecule has 0 atom stereocenters. The fourth-order valence-electron chi connectivity index (χ4n) is 4.22. The van der Waals surface area contributed by atoms with Crippen molar-refractivity contribution in [1.29, 1.82) is 0 Å². The first kappa shape index (κ1) is 19.0. The summed E-state index contributed by atoms with van der Waals surface area (Å²) in [5, 5.41) is 2.40. The van der Waals surface area contributed by atoms with Gasteiger partial charge in [0.1, 0.15) is 0 Å². The molecule has 3 aromatic heterocycles. The Morgan fingerprint density at radius 1 is 0.645 bits per heavy atom. The topological polar surface area (TPSA) is 23.5 Å². The summed E-state index contributed by atoms with van der Waals surface area (Å²) in [6, 6.07) is 21.6. The Hall–Kier alpha value is -3.98. The van der Waals surface area contributed by atoms with E-state index in [9.17, 15) is 0 Å². The molecule has 0 saturated carbocycles. The summed E-state index contributed by atoms with van der Waals surface area (Å²) in [6.07, 6.45) is 8.00. The Balaban J connectivity index is 1.72. The van der Waals surface area contributed by atoms with Crippen molar-refractivity contribution >= 4 is 34.0 Å². The van der Waals surface area contributed by atoms with Gasteiger partial charge in [-0.15, -0.1) is 0 Å². The third-order valence-electron chi connectivity index (χ3n) is 5.82. The fourth-order valence-corrected chi connectivity index (χ4v) is 4.22. The molecule has 150 valence electrons. The number of hydrogen-bond acceptors (Lipinski definition) is 0. The molecule has 0 aliphatic carbocycles. The number of H-pyrrole nitrogens is 1. The lowest BCUT2D eigenvalue weighted by Gasteiger charge is -2.03. The largest absolute Gasteiger partial charge is 0.354 e. The maximum Gasteiger partial charge on any atom is 0.211 e. The summed E-state index contributed by atoms with van der Waals surface area (Å²) in [6.45, 7) is 12.2. The first-order valence-corrected chi connectivity index (χ1v) is 10.4. The number of nitrogens with one attached hydrogen (secondary N) is 1. The average molecular weight is 404 g/mol. The summed E-state index contributed by atoms with van der Waals surface area (Å²) in [4.78, 5) is 3.55. The standard InChI is InChI=1S/C28H25N3/c1-5-21-15-19(3)11-13-30(21)23-7-9-27-25(17-23)26-18-24(8-10-28(26)29-27)31-14-12-20(4)16-22(31)6-2/h5-18,29H,1-2H2,3-4H3/q+2. The molecule has 1 N–H and O–H groups in total. The number of fused-ring (bicyclic) bond motifs is 3. The fraction of sp³-hybridized carbons (Fsp3) is 0.0714. The number of aromatic amines is 1. The van der Waals surface area contributed by atoms with Gasteiger partial charge < -0.3 is 4.98 Å². The molecule has 2 aromatic carbocycles. The molecular weight excluding hydrogens is 378 g/mol. The number of hydrogen-bond donors (Lipinski definition) is 1. The van der Waals surface area contributed by atoms with Crippen LogP contribution in [0.1, 0.15) is 22.5 Å². The van der Waals surface area contributed by atoms with E-state index in [2.05, 4.69) is 114 Å². The van der Waals surface area contributed by atoms with Crippen molar-refractivity contribution < 1.29 is 9.13 Å². The third-order valence-corrected chi connectivity index (χ3v) is 5.82. The SMILES string of the molecule is C=Cc1cc(C)cc[n+]1-c1ccc2[nH]c3ccc(-[n+]4ccc(C)cc4C=C)cc3c2c1. The minimum absolute atomic E-state index is 1.07. The predicted molar refractivity (Wildman–Crippen MR) is 129 cm³/mol. The van der Waals surface area contributed by atoms with Crippen molar-refractivity contribution in [3.63, 3.8) is 0 Å². The molecule has 5 rings (SSSR count). The molecule has 0 spiro atoms. The highest BCUT2D eigenvalue weighted by Crippen LogP contribution is 2.28. The summed E-state index contributed by atoms with van der Waals surface area (Å²) in [5.41, 5.74) is 9.07. The normalized spacial score (nSPS) is 11.2. The van der Waals surface area contributed by atoms with Crippen LogP contribution in [0.2, 0.25) is 0 Å². The second-order valence-electron chi connectivity index (χ2n) is 7.99. The van der Waals surface area contributed by atoms with Gasteiger partial charge in [0.25, 0.3) is 0 Å². The first-order chi connectivity index (χ1) is 15.1. The van der Waals surface area contributed by atoms with Crippen molar-refractivity contribution in [3.8, 4) is 11.4 Å². The number of aromatic nitrogens is 3. The van der Waals surface area contributed by atoms with E-state index in [-0.39, 0.29) is 0 Å². The van der Waals surface area contributed by atoms with Gasteiger partial charge in [-0.05, 0) is 37.1 Å². The molecule has 0 saturated heterocycles. The van der Waals surface area contributed by atoms with Crippen molar-refractivity contribution in [3.05, 3.63) is 109 Å². The van der Waals surface area contributed by atoms with E-state index in [4.69, 9.17) is 0 Å². The summed E-state index contributed by atoms with van der Waals surface area (Å²) < 4.78 is 4.35. The molecular formula is C28H25N3+2. The molecule has 0 bridgehead atoms. The van der Waals surface area contributed by atoms with Gasteiger partial charge in [-0.2, -0.15) is 9.13 Å². The maximum absolute atomic E-state index is 3.99. The van der Waals surface area contributed by atoms with Gasteiger partial charge in [-0.25, -0.2) is 0 Å². The van der Waals surface area contributed by atoms with E-state index in [1.165, 1.54) is 21.9 Å². The van der Waals surface area contributed by atoms with Crippen molar-refractivity contribution in [2.24, 2.45) is 0 Å². The summed E-state index contributed by atoms with van der Waals surface area (Å²) in [5.74, 6) is 0. The van der Waals surface area contributed by atoms with Crippen molar-refractivity contribution in [2.75, 3.05) is 0 Å². The molecule has 0 aliphatic rings. The highest BCUT2D eigenvalue weighted by molar-refractivity contribution is 6.08. The predicted octanol–water partition coefficient (Wildman–Crippen LogP) is 5.78. The minimum atomic E-state index is 1.07. The zero-order chi connectivity index (χ0) is 21.5. The van der Waals surface area contributed by atoms with Crippen LogP contribution in [0.3, 0.4) is 0 Å². The molecule has 0 fully saturated rings. The lowest BCUT2D eigenvalue weighted by Crippen LogP contribution is -2.33. The van der Waals surface area contributed by atoms with E-state index in [0.29, 0.717) is 0 Å². The van der Waals surface area contributed by atoms with Crippen LogP contribution in [0.15, 0.2) is 86.2 Å². The highest BCUT2D eigenvalue weighted by atomic mass is 15.0. The van der Waals surface area contributed by atoms with Gasteiger partial charge in [-0.1, -0.05) is 13.2 Å². The maximum atomic E-state index is 3.99. The molecule has 0 unspecified atom stereocenters. The van der Waals surface area contributed by atoms with E-state index in [1.54, 1.807) is 0 Å². The Labute approximate surface area is 182 Å². The highest BCUT2D eigenvalue weighted by Gasteiger charge is 2.17. The molecule has 3 heterocycles. The van der Waals surface area contributed by atoms with Crippen molar-refractivity contribution in [1.82, 2.24) is 4.98 Å². The van der Waals surface area contributed by atoms with E-state index in [1.807, 2.05) is 12.2 Å². The number of pyridine rings is 2. The zero-order valence-electron chi connectivity index (χ0n) is 17.9. The Morgan fingerprint density at radius 3 is 1.52 bits per heavy atom. The lowest BCUT2D eigenvalue weighted by atomic mass is 10.1. The Bertz CT molecular complexity index is 1380. The molecule has 3 nitrogen and oxygen atoms in total. The van der Waals surface area contributed by atoms with Gasteiger partial charge in [0, 0.05) is 82.5 Å². The van der Waals surface area contributed by atoms with Crippen LogP contribution >= 0.6 is 0 Å². The second kappa shape index (κ2) is 7.37. The average Bonchev–Trinajstić information content (AvgIpc) is 3.16. The molecule has 0 radical (unpaired) electrons. The Kier molecular flexibility index (Phi) is 4.52. The van der Waals surface area contributed by atoms with Crippen LogP contribution in [0.25, 0.3) is 45.3 Å². The second-order valence-corrected chi connectivity index (χ2v) is 7.99. The van der Waals surface area contributed by atoms with Crippen LogP contribution in [-0.2, 0) is 0 Å². The van der Waals surface area contributed by atoms with Gasteiger partial charge >= 0.3 is 0 Å². The lowest BCUT2D eigenvalue weighted by molar-refractivity contribution is -0.598. The first-order valence-electron chi connectivity index (χ1n) is 10.4. The van der Waals surface area contributed by atoms with Crippen LogP contribution in [-0.4, -0.2) is 4.98 Å². The van der Waals surface area contributed by atoms with E-state index >= 15 is 0 Å². The summed E-state index contributed by atoms with van der Waals surface area (Å²) in [7, 11) is 0. The summed E-state index contributed by atoms with van der Waals surface area (Å²) >= 11 is 0. The number of nitrogens with zero attached hydrogens (tertiary/aromatic N) is 2. The van der Waals surface area contributed by atoms with E-state index in [0.717, 1.165) is 33.8 Å². The van der Waals surface area contributed by atoms with Crippen LogP contribution in [0.5, 0.6) is 0 Å². The molecule has 31 heavy (non-hydrogen) atoms. The molecule has 0 amide bonds. The van der Waals surface area contributed by atoms with Gasteiger partial charge in [0.05, 0.1) is 0 Å². The van der Waals surface area contributed by atoms with Gasteiger partial charge in [0.2, 0.25) is 22.8 Å². The Morgan fingerprint density at radius 2 is 1.10 bits per heavy atom. The molecule has 3 heteroatoms. The van der Waals surface area contributed by atoms with Crippen molar-refractivity contribution in [2.45, 2.75) is 13.8 Å². The molecule has 0 aliphatic heterocycles. The smallest absolute Gasteiger partial charge is 0.211 e. The third kappa shape index (κ3) is 3.24. The van der Waals surface area contributed by atoms with E-state index < -0.39 is 0 Å². The van der Waals surface area contributed by atoms with Gasteiger partial charge in [0.15, 0.2) is 12.4 Å². The van der Waals surface area contributed by atoms with Gasteiger partial charge in [-0.3, -0.25) is 0 Å². The minimum Gasteiger partial charge on any atom is -0.354 e. The van der Waals surface area contributed by atoms with Crippen LogP contribution < -0.4 is 9.13 Å². The van der Waals surface area contributed by atoms with Crippen LogP contribution in [0.4, 0.5) is 0 Å². The van der Waals surface area contributed by atoms with Crippen LogP contribution in [0, 0.1) is 13.8 Å².